The Kier molecular flexibility index (Phi) is 6.55. The lowest BCUT2D eigenvalue weighted by Crippen LogP contribution is -2.48. The Morgan fingerprint density at radius 1 is 1.28 bits per heavy atom. The van der Waals surface area contributed by atoms with E-state index in [0.717, 1.165) is 5.56 Å². The molecule has 1 saturated heterocycles. The third-order valence-corrected chi connectivity index (χ3v) is 5.80. The minimum absolute atomic E-state index is 0.00945. The molecule has 2 amide bonds. The maximum absolute atomic E-state index is 12.9. The minimum atomic E-state index is -3.07. The zero-order valence-electron chi connectivity index (χ0n) is 14.5. The summed E-state index contributed by atoms with van der Waals surface area (Å²) in [5.74, 6) is -0.192. The molecule has 1 fully saturated rings. The lowest BCUT2D eigenvalue weighted by Gasteiger charge is -2.29. The normalized spacial score (nSPS) is 19.4. The van der Waals surface area contributed by atoms with Gasteiger partial charge in [0, 0.05) is 25.3 Å². The molecule has 0 saturated carbocycles. The van der Waals surface area contributed by atoms with E-state index in [4.69, 9.17) is 0 Å². The van der Waals surface area contributed by atoms with Crippen molar-refractivity contribution in [3.05, 3.63) is 41.8 Å². The summed E-state index contributed by atoms with van der Waals surface area (Å²) in [6.07, 6.45) is 3.61. The number of sulfone groups is 1. The highest BCUT2D eigenvalue weighted by Crippen LogP contribution is 2.18. The van der Waals surface area contributed by atoms with Gasteiger partial charge < -0.3 is 15.1 Å². The minimum Gasteiger partial charge on any atom is -0.319 e. The lowest BCUT2D eigenvalue weighted by atomic mass is 10.2. The van der Waals surface area contributed by atoms with Crippen LogP contribution in [0, 0.1) is 5.82 Å². The molecular formula is C17H24FN3O3S. The summed E-state index contributed by atoms with van der Waals surface area (Å²) in [5, 5.41) is 2.67. The lowest BCUT2D eigenvalue weighted by molar-refractivity contribution is 0.176. The van der Waals surface area contributed by atoms with Gasteiger partial charge in [0.25, 0.3) is 0 Å². The van der Waals surface area contributed by atoms with Crippen LogP contribution >= 0.6 is 0 Å². The standard InChI is InChI=1S/C17H24FN3O3S/c1-20(2)10-11-21(16-8-12-25(23,24)13-16)17(22)19-9-7-14-3-5-15(18)6-4-14/h3-7,9,16H,8,10-13H2,1-2H3,(H,19,22)/b9-7+. The average molecular weight is 369 g/mol. The van der Waals surface area contributed by atoms with Crippen molar-refractivity contribution in [2.24, 2.45) is 0 Å². The molecule has 1 aliphatic rings. The van der Waals surface area contributed by atoms with E-state index >= 15 is 0 Å². The molecule has 0 aliphatic carbocycles. The number of likely N-dealkylation sites (N-methyl/N-ethyl adjacent to an activating group) is 1. The molecule has 0 aromatic heterocycles. The molecule has 0 spiro atoms. The number of rotatable bonds is 6. The molecule has 1 aromatic rings. The number of nitrogens with zero attached hydrogens (tertiary/aromatic N) is 2. The first-order valence-corrected chi connectivity index (χ1v) is 9.93. The fourth-order valence-corrected chi connectivity index (χ4v) is 4.38. The van der Waals surface area contributed by atoms with Gasteiger partial charge in [-0.3, -0.25) is 0 Å². The summed E-state index contributed by atoms with van der Waals surface area (Å²) in [5.41, 5.74) is 0.755. The molecule has 1 heterocycles. The SMILES string of the molecule is CN(C)CCN(C(=O)N/C=C/c1ccc(F)cc1)C1CCS(=O)(=O)C1. The van der Waals surface area contributed by atoms with Crippen LogP contribution in [0.4, 0.5) is 9.18 Å². The number of hydrogen-bond acceptors (Lipinski definition) is 4. The summed E-state index contributed by atoms with van der Waals surface area (Å²) in [7, 11) is 0.729. The van der Waals surface area contributed by atoms with E-state index in [1.165, 1.54) is 18.3 Å². The number of amides is 2. The second-order valence-electron chi connectivity index (χ2n) is 6.39. The molecule has 1 N–H and O–H groups in total. The molecule has 25 heavy (non-hydrogen) atoms. The Balaban J connectivity index is 2.00. The highest BCUT2D eigenvalue weighted by Gasteiger charge is 2.34. The molecule has 1 aromatic carbocycles. The molecule has 1 atom stereocenters. The number of urea groups is 1. The van der Waals surface area contributed by atoms with Crippen LogP contribution < -0.4 is 5.32 Å². The predicted molar refractivity (Wildman–Crippen MR) is 96.3 cm³/mol. The maximum atomic E-state index is 12.9. The van der Waals surface area contributed by atoms with Gasteiger partial charge >= 0.3 is 6.03 Å². The van der Waals surface area contributed by atoms with Crippen molar-refractivity contribution in [2.75, 3.05) is 38.7 Å². The van der Waals surface area contributed by atoms with Gasteiger partial charge in [-0.2, -0.15) is 0 Å². The molecule has 1 aliphatic heterocycles. The molecule has 0 radical (unpaired) electrons. The number of carbonyl (C=O) groups excluding carboxylic acids is 1. The van der Waals surface area contributed by atoms with Crippen molar-refractivity contribution in [2.45, 2.75) is 12.5 Å². The first-order valence-electron chi connectivity index (χ1n) is 8.11. The van der Waals surface area contributed by atoms with E-state index in [-0.39, 0.29) is 29.4 Å². The van der Waals surface area contributed by atoms with Crippen LogP contribution in [0.2, 0.25) is 0 Å². The molecule has 6 nitrogen and oxygen atoms in total. The summed E-state index contributed by atoms with van der Waals surface area (Å²) < 4.78 is 36.3. The van der Waals surface area contributed by atoms with Gasteiger partial charge in [-0.1, -0.05) is 12.1 Å². The number of benzene rings is 1. The van der Waals surface area contributed by atoms with Crippen LogP contribution in [0.5, 0.6) is 0 Å². The van der Waals surface area contributed by atoms with E-state index in [2.05, 4.69) is 5.32 Å². The van der Waals surface area contributed by atoms with Crippen molar-refractivity contribution >= 4 is 21.9 Å². The van der Waals surface area contributed by atoms with Crippen LogP contribution in [0.25, 0.3) is 6.08 Å². The zero-order valence-corrected chi connectivity index (χ0v) is 15.3. The third-order valence-electron chi connectivity index (χ3n) is 4.05. The summed E-state index contributed by atoms with van der Waals surface area (Å²) >= 11 is 0. The van der Waals surface area contributed by atoms with Gasteiger partial charge in [0.05, 0.1) is 11.5 Å². The van der Waals surface area contributed by atoms with Gasteiger partial charge in [0.1, 0.15) is 5.82 Å². The molecule has 8 heteroatoms. The smallest absolute Gasteiger partial charge is 0.319 e. The summed E-state index contributed by atoms with van der Waals surface area (Å²) in [6.45, 7) is 1.09. The number of hydrogen-bond donors (Lipinski definition) is 1. The quantitative estimate of drug-likeness (QED) is 0.826. The van der Waals surface area contributed by atoms with E-state index in [9.17, 15) is 17.6 Å². The van der Waals surface area contributed by atoms with E-state index in [1.807, 2.05) is 19.0 Å². The Hall–Kier alpha value is -1.93. The molecule has 2 rings (SSSR count). The van der Waals surface area contributed by atoms with Crippen LogP contribution in [-0.2, 0) is 9.84 Å². The molecule has 138 valence electrons. The average Bonchev–Trinajstić information content (AvgIpc) is 2.89. The molecule has 1 unspecified atom stereocenters. The number of halogens is 1. The Morgan fingerprint density at radius 2 is 1.96 bits per heavy atom. The topological polar surface area (TPSA) is 69.7 Å². The Labute approximate surface area is 148 Å². The summed E-state index contributed by atoms with van der Waals surface area (Å²) in [4.78, 5) is 16.0. The molecular weight excluding hydrogens is 345 g/mol. The number of carbonyl (C=O) groups is 1. The van der Waals surface area contributed by atoms with Gasteiger partial charge in [0.15, 0.2) is 9.84 Å². The highest BCUT2D eigenvalue weighted by atomic mass is 32.2. The van der Waals surface area contributed by atoms with Crippen molar-refractivity contribution in [3.63, 3.8) is 0 Å². The second kappa shape index (κ2) is 8.44. The fourth-order valence-electron chi connectivity index (χ4n) is 2.64. The fraction of sp³-hybridized carbons (Fsp3) is 0.471. The van der Waals surface area contributed by atoms with Gasteiger partial charge in [0.2, 0.25) is 0 Å². The van der Waals surface area contributed by atoms with Gasteiger partial charge in [-0.05, 0) is 44.3 Å². The van der Waals surface area contributed by atoms with Crippen molar-refractivity contribution in [1.82, 2.24) is 15.1 Å². The van der Waals surface area contributed by atoms with E-state index in [1.54, 1.807) is 23.1 Å². The first kappa shape index (κ1) is 19.4. The van der Waals surface area contributed by atoms with E-state index < -0.39 is 9.84 Å². The zero-order chi connectivity index (χ0) is 18.4. The van der Waals surface area contributed by atoms with Gasteiger partial charge in [-0.15, -0.1) is 0 Å². The van der Waals surface area contributed by atoms with Crippen molar-refractivity contribution in [1.29, 1.82) is 0 Å². The predicted octanol–water partition coefficient (Wildman–Crippen LogP) is 1.56. The monoisotopic (exact) mass is 369 g/mol. The molecule has 0 bridgehead atoms. The van der Waals surface area contributed by atoms with Crippen LogP contribution in [-0.4, -0.2) is 69.0 Å². The van der Waals surface area contributed by atoms with Crippen LogP contribution in [0.15, 0.2) is 30.5 Å². The Morgan fingerprint density at radius 3 is 2.52 bits per heavy atom. The third kappa shape index (κ3) is 6.13. The van der Waals surface area contributed by atoms with Crippen molar-refractivity contribution in [3.8, 4) is 0 Å². The van der Waals surface area contributed by atoms with Crippen LogP contribution in [0.3, 0.4) is 0 Å². The first-order chi connectivity index (χ1) is 11.8. The van der Waals surface area contributed by atoms with E-state index in [0.29, 0.717) is 19.5 Å². The Bertz CT molecular complexity index is 717. The number of nitrogens with one attached hydrogen (secondary N) is 1. The van der Waals surface area contributed by atoms with Crippen molar-refractivity contribution < 1.29 is 17.6 Å². The van der Waals surface area contributed by atoms with Gasteiger partial charge in [-0.25, -0.2) is 17.6 Å². The maximum Gasteiger partial charge on any atom is 0.321 e. The highest BCUT2D eigenvalue weighted by molar-refractivity contribution is 7.91. The summed E-state index contributed by atoms with van der Waals surface area (Å²) in [6, 6.07) is 5.26. The van der Waals surface area contributed by atoms with Crippen LogP contribution in [0.1, 0.15) is 12.0 Å². The second-order valence-corrected chi connectivity index (χ2v) is 8.62. The largest absolute Gasteiger partial charge is 0.321 e.